The Morgan fingerprint density at radius 3 is 2.67 bits per heavy atom. The zero-order valence-electron chi connectivity index (χ0n) is 12.9. The summed E-state index contributed by atoms with van der Waals surface area (Å²) in [5.41, 5.74) is 0.720. The van der Waals surface area contributed by atoms with Gasteiger partial charge in [0, 0.05) is 35.9 Å². The van der Waals surface area contributed by atoms with E-state index in [4.69, 9.17) is 9.47 Å². The van der Waals surface area contributed by atoms with E-state index in [9.17, 15) is 10.1 Å². The molecule has 1 N–H and O–H groups in total. The van der Waals surface area contributed by atoms with Gasteiger partial charge in [-0.25, -0.2) is 0 Å². The maximum absolute atomic E-state index is 11.0. The molecule has 1 aromatic rings. The second-order valence-electron chi connectivity index (χ2n) is 5.87. The monoisotopic (exact) mass is 294 g/mol. The molecular weight excluding hydrogens is 272 g/mol. The van der Waals surface area contributed by atoms with Gasteiger partial charge in [-0.2, -0.15) is 0 Å². The third-order valence-electron chi connectivity index (χ3n) is 4.22. The Bertz CT molecular complexity index is 530. The van der Waals surface area contributed by atoms with Gasteiger partial charge in [-0.1, -0.05) is 13.8 Å². The molecule has 2 rings (SSSR count). The Labute approximate surface area is 124 Å². The summed E-state index contributed by atoms with van der Waals surface area (Å²) in [5.74, 6) is 0.477. The van der Waals surface area contributed by atoms with E-state index in [0.29, 0.717) is 18.0 Å². The topological polar surface area (TPSA) is 73.6 Å². The first-order valence-corrected chi connectivity index (χ1v) is 7.10. The van der Waals surface area contributed by atoms with E-state index >= 15 is 0 Å². The van der Waals surface area contributed by atoms with Gasteiger partial charge in [-0.05, 0) is 13.3 Å². The maximum Gasteiger partial charge on any atom is 0.275 e. The lowest BCUT2D eigenvalue weighted by molar-refractivity contribution is -0.384. The molecule has 1 aliphatic rings. The number of anilines is 1. The molecule has 21 heavy (non-hydrogen) atoms. The summed E-state index contributed by atoms with van der Waals surface area (Å²) in [7, 11) is 1.50. The summed E-state index contributed by atoms with van der Waals surface area (Å²) >= 11 is 0. The van der Waals surface area contributed by atoms with Gasteiger partial charge in [0.25, 0.3) is 5.69 Å². The minimum absolute atomic E-state index is 0.00609. The van der Waals surface area contributed by atoms with Crippen molar-refractivity contribution in [2.75, 3.05) is 19.0 Å². The molecule has 116 valence electrons. The molecule has 0 radical (unpaired) electrons. The molecule has 0 aliphatic heterocycles. The second kappa shape index (κ2) is 5.89. The van der Waals surface area contributed by atoms with Gasteiger partial charge in [-0.3, -0.25) is 10.1 Å². The van der Waals surface area contributed by atoms with E-state index in [2.05, 4.69) is 19.2 Å². The molecule has 6 heteroatoms. The number of nitrogens with zero attached hydrogens (tertiary/aromatic N) is 1. The summed E-state index contributed by atoms with van der Waals surface area (Å²) in [5, 5.41) is 14.3. The zero-order valence-corrected chi connectivity index (χ0v) is 12.9. The first kappa shape index (κ1) is 15.6. The maximum atomic E-state index is 11.0. The molecule has 2 unspecified atom stereocenters. The van der Waals surface area contributed by atoms with Gasteiger partial charge in [0.15, 0.2) is 0 Å². The van der Waals surface area contributed by atoms with Crippen molar-refractivity contribution in [3.63, 3.8) is 0 Å². The number of nitrogens with one attached hydrogen (secondary N) is 1. The van der Waals surface area contributed by atoms with Crippen LogP contribution in [0.3, 0.4) is 0 Å². The molecule has 0 heterocycles. The molecule has 0 aromatic heterocycles. The molecule has 0 bridgehead atoms. The second-order valence-corrected chi connectivity index (χ2v) is 5.87. The van der Waals surface area contributed by atoms with E-state index < -0.39 is 4.92 Å². The van der Waals surface area contributed by atoms with Crippen molar-refractivity contribution < 1.29 is 14.4 Å². The van der Waals surface area contributed by atoms with Crippen molar-refractivity contribution in [1.82, 2.24) is 0 Å². The highest BCUT2D eigenvalue weighted by molar-refractivity contribution is 5.57. The predicted molar refractivity (Wildman–Crippen MR) is 80.9 cm³/mol. The van der Waals surface area contributed by atoms with Crippen molar-refractivity contribution in [3.8, 4) is 5.75 Å². The van der Waals surface area contributed by atoms with Gasteiger partial charge in [0.05, 0.1) is 24.2 Å². The minimum Gasteiger partial charge on any atom is -0.496 e. The van der Waals surface area contributed by atoms with Crippen molar-refractivity contribution in [3.05, 3.63) is 28.3 Å². The number of hydrogen-bond acceptors (Lipinski definition) is 5. The van der Waals surface area contributed by atoms with Crippen LogP contribution in [0.2, 0.25) is 0 Å². The van der Waals surface area contributed by atoms with Crippen LogP contribution in [0.5, 0.6) is 5.75 Å². The Morgan fingerprint density at radius 1 is 1.43 bits per heavy atom. The summed E-state index contributed by atoms with van der Waals surface area (Å²) in [6.07, 6.45) is 1.12. The highest BCUT2D eigenvalue weighted by Crippen LogP contribution is 2.44. The summed E-state index contributed by atoms with van der Waals surface area (Å²) in [6.45, 7) is 6.97. The number of methoxy groups -OCH3 is 1. The molecule has 6 nitrogen and oxygen atoms in total. The highest BCUT2D eigenvalue weighted by Gasteiger charge is 2.48. The lowest BCUT2D eigenvalue weighted by atomic mass is 9.64. The summed E-state index contributed by atoms with van der Waals surface area (Å²) in [6, 6.07) is 4.95. The normalized spacial score (nSPS) is 23.2. The molecule has 0 saturated heterocycles. The first-order chi connectivity index (χ1) is 9.88. The third-order valence-corrected chi connectivity index (χ3v) is 4.22. The minimum atomic E-state index is -0.414. The molecule has 1 aliphatic carbocycles. The lowest BCUT2D eigenvalue weighted by Gasteiger charge is -2.52. The van der Waals surface area contributed by atoms with Crippen LogP contribution in [0.4, 0.5) is 11.4 Å². The smallest absolute Gasteiger partial charge is 0.275 e. The van der Waals surface area contributed by atoms with E-state index in [1.54, 1.807) is 6.07 Å². The summed E-state index contributed by atoms with van der Waals surface area (Å²) in [4.78, 5) is 10.5. The van der Waals surface area contributed by atoms with Crippen molar-refractivity contribution in [2.45, 2.75) is 39.3 Å². The fourth-order valence-corrected chi connectivity index (χ4v) is 2.71. The van der Waals surface area contributed by atoms with E-state index in [1.165, 1.54) is 19.2 Å². The fraction of sp³-hybridized carbons (Fsp3) is 0.600. The SMILES string of the molecule is CCOC1CC(Nc2cc(OC)cc([N+](=O)[O-])c2)C1(C)C. The van der Waals surface area contributed by atoms with Gasteiger partial charge >= 0.3 is 0 Å². The average molecular weight is 294 g/mol. The number of nitro benzene ring substituents is 1. The van der Waals surface area contributed by atoms with Crippen molar-refractivity contribution in [1.29, 1.82) is 0 Å². The zero-order chi connectivity index (χ0) is 15.6. The van der Waals surface area contributed by atoms with Crippen LogP contribution in [0, 0.1) is 15.5 Å². The van der Waals surface area contributed by atoms with Crippen molar-refractivity contribution >= 4 is 11.4 Å². The van der Waals surface area contributed by atoms with Crippen LogP contribution in [0.15, 0.2) is 18.2 Å². The van der Waals surface area contributed by atoms with Gasteiger partial charge in [0.2, 0.25) is 0 Å². The van der Waals surface area contributed by atoms with Gasteiger partial charge in [-0.15, -0.1) is 0 Å². The van der Waals surface area contributed by atoms with Crippen LogP contribution in [-0.2, 0) is 4.74 Å². The van der Waals surface area contributed by atoms with Gasteiger partial charge < -0.3 is 14.8 Å². The van der Waals surface area contributed by atoms with E-state index in [1.807, 2.05) is 6.92 Å². The number of non-ortho nitro benzene ring substituents is 1. The van der Waals surface area contributed by atoms with Crippen LogP contribution >= 0.6 is 0 Å². The van der Waals surface area contributed by atoms with E-state index in [0.717, 1.165) is 6.42 Å². The van der Waals surface area contributed by atoms with Gasteiger partial charge in [0.1, 0.15) is 5.75 Å². The molecule has 1 saturated carbocycles. The van der Waals surface area contributed by atoms with E-state index in [-0.39, 0.29) is 23.2 Å². The largest absolute Gasteiger partial charge is 0.496 e. The first-order valence-electron chi connectivity index (χ1n) is 7.10. The Kier molecular flexibility index (Phi) is 4.37. The number of hydrogen-bond donors (Lipinski definition) is 1. The number of rotatable bonds is 6. The van der Waals surface area contributed by atoms with Crippen LogP contribution in [0.1, 0.15) is 27.2 Å². The molecule has 2 atom stereocenters. The van der Waals surface area contributed by atoms with Crippen LogP contribution in [0.25, 0.3) is 0 Å². The Hall–Kier alpha value is -1.82. The molecule has 0 amide bonds. The highest BCUT2D eigenvalue weighted by atomic mass is 16.6. The fourth-order valence-electron chi connectivity index (χ4n) is 2.71. The number of ether oxygens (including phenoxy) is 2. The Balaban J connectivity index is 2.13. The molecule has 1 fully saturated rings. The van der Waals surface area contributed by atoms with Crippen LogP contribution in [-0.4, -0.2) is 30.8 Å². The average Bonchev–Trinajstić information content (AvgIpc) is 2.45. The summed E-state index contributed by atoms with van der Waals surface area (Å²) < 4.78 is 10.8. The quantitative estimate of drug-likeness (QED) is 0.644. The predicted octanol–water partition coefficient (Wildman–Crippen LogP) is 3.22. The van der Waals surface area contributed by atoms with Crippen molar-refractivity contribution in [2.24, 2.45) is 5.41 Å². The standard InChI is InChI=1S/C15H22N2O4/c1-5-21-14-9-13(15(14,2)3)16-10-6-11(17(18)19)8-12(7-10)20-4/h6-8,13-14,16H,5,9H2,1-4H3. The molecular formula is C15H22N2O4. The van der Waals surface area contributed by atoms with Crippen LogP contribution < -0.4 is 10.1 Å². The third kappa shape index (κ3) is 3.10. The molecule has 0 spiro atoms. The molecule has 1 aromatic carbocycles. The Morgan fingerprint density at radius 2 is 2.14 bits per heavy atom. The lowest BCUT2D eigenvalue weighted by Crippen LogP contribution is -2.58. The number of benzene rings is 1. The number of nitro groups is 1.